The molecule has 0 atom stereocenters. The van der Waals surface area contributed by atoms with Gasteiger partial charge in [-0.2, -0.15) is 0 Å². The lowest BCUT2D eigenvalue weighted by molar-refractivity contribution is -0.128. The lowest BCUT2D eigenvalue weighted by atomic mass is 10.2. The van der Waals surface area contributed by atoms with Crippen LogP contribution in [-0.4, -0.2) is 56.5 Å². The molecule has 0 unspecified atom stereocenters. The van der Waals surface area contributed by atoms with Crippen molar-refractivity contribution in [3.05, 3.63) is 72.7 Å². The van der Waals surface area contributed by atoms with E-state index in [-0.39, 0.29) is 12.5 Å². The average molecular weight is 393 g/mol. The highest BCUT2D eigenvalue weighted by atomic mass is 16.2. The van der Waals surface area contributed by atoms with Crippen molar-refractivity contribution in [2.24, 2.45) is 0 Å². The van der Waals surface area contributed by atoms with Crippen molar-refractivity contribution in [3.8, 4) is 5.82 Å². The van der Waals surface area contributed by atoms with Crippen molar-refractivity contribution >= 4 is 11.9 Å². The summed E-state index contributed by atoms with van der Waals surface area (Å²) in [5, 5.41) is 5.29. The molecule has 0 saturated heterocycles. The highest BCUT2D eigenvalue weighted by Gasteiger charge is 2.10. The maximum absolute atomic E-state index is 12.1. The van der Waals surface area contributed by atoms with Gasteiger partial charge in [0.1, 0.15) is 12.1 Å². The summed E-state index contributed by atoms with van der Waals surface area (Å²) in [4.78, 5) is 38.2. The third-order valence-corrected chi connectivity index (χ3v) is 4.29. The second-order valence-electron chi connectivity index (χ2n) is 6.42. The highest BCUT2D eigenvalue weighted by molar-refractivity contribution is 5.83. The molecule has 9 nitrogen and oxygen atoms in total. The molecule has 0 aliphatic carbocycles. The number of amides is 3. The molecule has 150 valence electrons. The van der Waals surface area contributed by atoms with Crippen molar-refractivity contribution in [1.29, 1.82) is 0 Å². The summed E-state index contributed by atoms with van der Waals surface area (Å²) >= 11 is 0. The van der Waals surface area contributed by atoms with Gasteiger partial charge in [0.25, 0.3) is 0 Å². The number of nitrogens with one attached hydrogen (secondary N) is 2. The molecule has 0 bridgehead atoms. The smallest absolute Gasteiger partial charge is 0.315 e. The minimum Gasteiger partial charge on any atom is -0.344 e. The van der Waals surface area contributed by atoms with Gasteiger partial charge in [-0.3, -0.25) is 14.3 Å². The molecule has 0 aliphatic heterocycles. The van der Waals surface area contributed by atoms with Crippen molar-refractivity contribution in [3.63, 3.8) is 0 Å². The average Bonchev–Trinajstić information content (AvgIpc) is 3.30. The van der Waals surface area contributed by atoms with Gasteiger partial charge in [-0.1, -0.05) is 12.1 Å². The van der Waals surface area contributed by atoms with Crippen LogP contribution in [0.5, 0.6) is 0 Å². The molecule has 0 aliphatic rings. The van der Waals surface area contributed by atoms with Gasteiger partial charge in [0.05, 0.1) is 6.54 Å². The molecule has 0 radical (unpaired) electrons. The van der Waals surface area contributed by atoms with E-state index < -0.39 is 6.03 Å². The van der Waals surface area contributed by atoms with Crippen LogP contribution in [0, 0.1) is 0 Å². The number of hydrogen-bond acceptors (Lipinski definition) is 5. The standard InChI is InChI=1S/C20H23N7O2/c1-26(10-7-17-4-2-3-8-22-17)19(28)14-25-20(29)24-13-16-5-6-18(23-12-16)27-11-9-21-15-27/h2-6,8-9,11-12,15H,7,10,13-14H2,1H3,(H2,24,25,29). The number of rotatable bonds is 8. The van der Waals surface area contributed by atoms with Crippen molar-refractivity contribution < 1.29 is 9.59 Å². The van der Waals surface area contributed by atoms with Crippen LogP contribution < -0.4 is 10.6 Å². The van der Waals surface area contributed by atoms with E-state index >= 15 is 0 Å². The number of pyridine rings is 2. The molecule has 0 spiro atoms. The van der Waals surface area contributed by atoms with Crippen LogP contribution in [-0.2, 0) is 17.8 Å². The molecular formula is C20H23N7O2. The summed E-state index contributed by atoms with van der Waals surface area (Å²) in [6.45, 7) is 0.781. The van der Waals surface area contributed by atoms with Gasteiger partial charge in [0, 0.05) is 57.0 Å². The summed E-state index contributed by atoms with van der Waals surface area (Å²) in [5.41, 5.74) is 1.77. The van der Waals surface area contributed by atoms with Gasteiger partial charge in [-0.15, -0.1) is 0 Å². The van der Waals surface area contributed by atoms with Crippen LogP contribution in [0.15, 0.2) is 61.4 Å². The topological polar surface area (TPSA) is 105 Å². The highest BCUT2D eigenvalue weighted by Crippen LogP contribution is 2.05. The number of imidazole rings is 1. The van der Waals surface area contributed by atoms with Crippen LogP contribution in [0.1, 0.15) is 11.3 Å². The molecule has 29 heavy (non-hydrogen) atoms. The summed E-state index contributed by atoms with van der Waals surface area (Å²) < 4.78 is 1.79. The maximum Gasteiger partial charge on any atom is 0.315 e. The van der Waals surface area contributed by atoms with Gasteiger partial charge in [-0.25, -0.2) is 14.8 Å². The van der Waals surface area contributed by atoms with E-state index in [0.717, 1.165) is 17.1 Å². The lowest BCUT2D eigenvalue weighted by Gasteiger charge is -2.17. The minimum absolute atomic E-state index is 0.0671. The van der Waals surface area contributed by atoms with Crippen LogP contribution in [0.25, 0.3) is 5.82 Å². The Balaban J connectivity index is 1.36. The molecular weight excluding hydrogens is 370 g/mol. The Kier molecular flexibility index (Phi) is 6.88. The lowest BCUT2D eigenvalue weighted by Crippen LogP contribution is -2.42. The Morgan fingerprint density at radius 3 is 2.69 bits per heavy atom. The number of carbonyl (C=O) groups excluding carboxylic acids is 2. The molecule has 2 N–H and O–H groups in total. The zero-order valence-corrected chi connectivity index (χ0v) is 16.2. The summed E-state index contributed by atoms with van der Waals surface area (Å²) in [7, 11) is 1.71. The van der Waals surface area contributed by atoms with E-state index in [1.807, 2.05) is 30.3 Å². The molecule has 0 fully saturated rings. The van der Waals surface area contributed by atoms with Gasteiger partial charge in [0.15, 0.2) is 0 Å². The summed E-state index contributed by atoms with van der Waals surface area (Å²) in [6, 6.07) is 8.99. The monoisotopic (exact) mass is 393 g/mol. The van der Waals surface area contributed by atoms with Gasteiger partial charge < -0.3 is 15.5 Å². The van der Waals surface area contributed by atoms with E-state index in [1.165, 1.54) is 0 Å². The van der Waals surface area contributed by atoms with E-state index in [4.69, 9.17) is 0 Å². The first-order valence-electron chi connectivity index (χ1n) is 9.20. The zero-order valence-electron chi connectivity index (χ0n) is 16.2. The van der Waals surface area contributed by atoms with Gasteiger partial charge in [-0.05, 0) is 23.8 Å². The van der Waals surface area contributed by atoms with E-state index in [2.05, 4.69) is 25.6 Å². The molecule has 9 heteroatoms. The Morgan fingerprint density at radius 2 is 2.00 bits per heavy atom. The van der Waals surface area contributed by atoms with Crippen molar-refractivity contribution in [2.45, 2.75) is 13.0 Å². The maximum atomic E-state index is 12.1. The molecule has 3 heterocycles. The van der Waals surface area contributed by atoms with E-state index in [9.17, 15) is 9.59 Å². The first-order valence-corrected chi connectivity index (χ1v) is 9.20. The fourth-order valence-electron chi connectivity index (χ4n) is 2.56. The largest absolute Gasteiger partial charge is 0.344 e. The Morgan fingerprint density at radius 1 is 1.10 bits per heavy atom. The second kappa shape index (κ2) is 9.98. The molecule has 3 aromatic heterocycles. The van der Waals surface area contributed by atoms with E-state index in [0.29, 0.717) is 19.5 Å². The third kappa shape index (κ3) is 6.13. The normalized spacial score (nSPS) is 10.4. The number of urea groups is 1. The van der Waals surface area contributed by atoms with Crippen molar-refractivity contribution in [2.75, 3.05) is 20.1 Å². The minimum atomic E-state index is -0.407. The quantitative estimate of drug-likeness (QED) is 0.598. The number of nitrogens with zero attached hydrogens (tertiary/aromatic N) is 5. The van der Waals surface area contributed by atoms with Gasteiger partial charge >= 0.3 is 6.03 Å². The molecule has 3 rings (SSSR count). The van der Waals surface area contributed by atoms with Crippen LogP contribution >= 0.6 is 0 Å². The van der Waals surface area contributed by atoms with Crippen molar-refractivity contribution in [1.82, 2.24) is 35.1 Å². The molecule has 3 aromatic rings. The number of carbonyl (C=O) groups is 2. The summed E-state index contributed by atoms with van der Waals surface area (Å²) in [6.07, 6.45) is 9.22. The number of likely N-dealkylation sites (N-methyl/N-ethyl adjacent to an activating group) is 1. The Labute approximate surface area is 168 Å². The Bertz CT molecular complexity index is 912. The third-order valence-electron chi connectivity index (χ3n) is 4.29. The SMILES string of the molecule is CN(CCc1ccccn1)C(=O)CNC(=O)NCc1ccc(-n2ccnc2)nc1. The predicted molar refractivity (Wildman–Crippen MR) is 107 cm³/mol. The fraction of sp³-hybridized carbons (Fsp3) is 0.250. The second-order valence-corrected chi connectivity index (χ2v) is 6.42. The number of aromatic nitrogens is 4. The summed E-state index contributed by atoms with van der Waals surface area (Å²) in [5.74, 6) is 0.581. The van der Waals surface area contributed by atoms with Crippen LogP contribution in [0.4, 0.5) is 4.79 Å². The van der Waals surface area contributed by atoms with Crippen LogP contribution in [0.3, 0.4) is 0 Å². The van der Waals surface area contributed by atoms with Crippen LogP contribution in [0.2, 0.25) is 0 Å². The molecule has 0 saturated carbocycles. The fourth-order valence-corrected chi connectivity index (χ4v) is 2.56. The van der Waals surface area contributed by atoms with E-state index in [1.54, 1.807) is 47.6 Å². The molecule has 3 amide bonds. The number of hydrogen-bond donors (Lipinski definition) is 2. The predicted octanol–water partition coefficient (Wildman–Crippen LogP) is 1.16. The first-order chi connectivity index (χ1) is 14.1. The Hall–Kier alpha value is -3.75. The molecule has 0 aromatic carbocycles. The van der Waals surface area contributed by atoms with Gasteiger partial charge in [0.2, 0.25) is 5.91 Å². The zero-order chi connectivity index (χ0) is 20.5. The first kappa shape index (κ1) is 20.0.